The van der Waals surface area contributed by atoms with Crippen molar-refractivity contribution in [3.63, 3.8) is 0 Å². The zero-order chi connectivity index (χ0) is 9.26. The smallest absolute Gasteiger partial charge is 0.317 e. The van der Waals surface area contributed by atoms with Crippen molar-refractivity contribution in [3.8, 4) is 0 Å². The second-order valence-corrected chi connectivity index (χ2v) is 4.02. The number of carboxylic acids is 1. The van der Waals surface area contributed by atoms with Crippen molar-refractivity contribution < 1.29 is 9.90 Å². The lowest BCUT2D eigenvalue weighted by Gasteiger charge is -2.30. The highest BCUT2D eigenvalue weighted by molar-refractivity contribution is 5.69. The van der Waals surface area contributed by atoms with E-state index in [0.717, 1.165) is 19.5 Å². The molecule has 2 aliphatic rings. The molecule has 2 heterocycles. The van der Waals surface area contributed by atoms with Gasteiger partial charge in [-0.2, -0.15) is 0 Å². The maximum atomic E-state index is 10.4. The molecule has 0 saturated carbocycles. The molecule has 0 aromatic carbocycles. The molecule has 3 atom stereocenters. The maximum Gasteiger partial charge on any atom is 0.317 e. The van der Waals surface area contributed by atoms with E-state index in [9.17, 15) is 4.79 Å². The molecule has 4 nitrogen and oxygen atoms in total. The van der Waals surface area contributed by atoms with Gasteiger partial charge in [0, 0.05) is 12.6 Å². The van der Waals surface area contributed by atoms with Crippen LogP contribution in [0.15, 0.2) is 0 Å². The van der Waals surface area contributed by atoms with Crippen LogP contribution >= 0.6 is 0 Å². The highest BCUT2D eigenvalue weighted by atomic mass is 16.4. The van der Waals surface area contributed by atoms with Gasteiger partial charge in [-0.05, 0) is 31.8 Å². The largest absolute Gasteiger partial charge is 0.480 e. The molecule has 0 aliphatic carbocycles. The van der Waals surface area contributed by atoms with Gasteiger partial charge < -0.3 is 15.3 Å². The number of fused-ring (bicyclic) bond motifs is 2. The Balaban J connectivity index is 1.82. The van der Waals surface area contributed by atoms with Gasteiger partial charge in [0.25, 0.3) is 0 Å². The molecule has 13 heavy (non-hydrogen) atoms. The molecule has 0 spiro atoms. The lowest BCUT2D eigenvalue weighted by molar-refractivity contribution is -0.136. The molecule has 3 unspecified atom stereocenters. The van der Waals surface area contributed by atoms with Gasteiger partial charge in [-0.15, -0.1) is 0 Å². The van der Waals surface area contributed by atoms with Crippen molar-refractivity contribution in [1.82, 2.24) is 10.2 Å². The Hall–Kier alpha value is -0.610. The van der Waals surface area contributed by atoms with Crippen molar-refractivity contribution in [3.05, 3.63) is 0 Å². The monoisotopic (exact) mass is 184 g/mol. The minimum absolute atomic E-state index is 0.112. The van der Waals surface area contributed by atoms with Gasteiger partial charge in [0.1, 0.15) is 0 Å². The van der Waals surface area contributed by atoms with E-state index < -0.39 is 5.97 Å². The zero-order valence-corrected chi connectivity index (χ0v) is 7.70. The predicted molar refractivity (Wildman–Crippen MR) is 48.6 cm³/mol. The zero-order valence-electron chi connectivity index (χ0n) is 7.70. The summed E-state index contributed by atoms with van der Waals surface area (Å²) in [6.07, 6.45) is 2.34. The molecule has 2 rings (SSSR count). The van der Waals surface area contributed by atoms with Gasteiger partial charge in [0.05, 0.1) is 6.54 Å². The van der Waals surface area contributed by atoms with E-state index in [0.29, 0.717) is 12.0 Å². The number of nitrogens with zero attached hydrogens (tertiary/aromatic N) is 1. The summed E-state index contributed by atoms with van der Waals surface area (Å²) in [5.74, 6) is -0.0615. The van der Waals surface area contributed by atoms with E-state index in [2.05, 4.69) is 10.2 Å². The van der Waals surface area contributed by atoms with Crippen LogP contribution in [0.4, 0.5) is 0 Å². The predicted octanol–water partition coefficient (Wildman–Crippen LogP) is -0.245. The first-order chi connectivity index (χ1) is 6.25. The maximum absolute atomic E-state index is 10.4. The fraction of sp³-hybridized carbons (Fsp3) is 0.889. The molecule has 2 fully saturated rings. The van der Waals surface area contributed by atoms with Crippen molar-refractivity contribution in [2.24, 2.45) is 5.92 Å². The molecule has 2 bridgehead atoms. The summed E-state index contributed by atoms with van der Waals surface area (Å²) in [6.45, 7) is 3.61. The van der Waals surface area contributed by atoms with E-state index in [4.69, 9.17) is 5.11 Å². The van der Waals surface area contributed by atoms with E-state index in [-0.39, 0.29) is 6.54 Å². The summed E-state index contributed by atoms with van der Waals surface area (Å²) in [6, 6.07) is 0.440. The van der Waals surface area contributed by atoms with E-state index in [1.807, 2.05) is 0 Å². The molecule has 0 aromatic rings. The number of carboxylic acid groups (broad SMARTS) is 1. The van der Waals surface area contributed by atoms with Gasteiger partial charge in [-0.3, -0.25) is 4.79 Å². The SMILES string of the molecule is O=C(O)CNC1CCN2CCC1C2. The van der Waals surface area contributed by atoms with Crippen LogP contribution in [-0.2, 0) is 4.79 Å². The Kier molecular flexibility index (Phi) is 2.51. The number of aliphatic carboxylic acids is 1. The molecule has 2 N–H and O–H groups in total. The summed E-state index contributed by atoms with van der Waals surface area (Å²) in [5, 5.41) is 11.7. The van der Waals surface area contributed by atoms with Crippen molar-refractivity contribution in [2.75, 3.05) is 26.2 Å². The fourth-order valence-electron chi connectivity index (χ4n) is 2.44. The van der Waals surface area contributed by atoms with Crippen LogP contribution in [0.25, 0.3) is 0 Å². The third-order valence-corrected chi connectivity index (χ3v) is 3.15. The first-order valence-corrected chi connectivity index (χ1v) is 4.93. The Labute approximate surface area is 77.9 Å². The highest BCUT2D eigenvalue weighted by Gasteiger charge is 2.33. The van der Waals surface area contributed by atoms with E-state index in [1.165, 1.54) is 13.0 Å². The number of nitrogens with one attached hydrogen (secondary N) is 1. The summed E-state index contributed by atoms with van der Waals surface area (Å²) < 4.78 is 0. The number of hydrogen-bond donors (Lipinski definition) is 2. The van der Waals surface area contributed by atoms with E-state index in [1.54, 1.807) is 0 Å². The second kappa shape index (κ2) is 3.64. The quantitative estimate of drug-likeness (QED) is 0.635. The molecule has 0 aromatic heterocycles. The van der Waals surface area contributed by atoms with Crippen LogP contribution in [0.3, 0.4) is 0 Å². The Morgan fingerprint density at radius 3 is 3.00 bits per heavy atom. The van der Waals surface area contributed by atoms with E-state index >= 15 is 0 Å². The van der Waals surface area contributed by atoms with Gasteiger partial charge in [0.2, 0.25) is 0 Å². The summed E-state index contributed by atoms with van der Waals surface area (Å²) in [4.78, 5) is 12.8. The van der Waals surface area contributed by atoms with Crippen LogP contribution < -0.4 is 5.32 Å². The van der Waals surface area contributed by atoms with Crippen molar-refractivity contribution >= 4 is 5.97 Å². The molecule has 2 aliphatic heterocycles. The molecule has 2 saturated heterocycles. The third kappa shape index (κ3) is 2.00. The van der Waals surface area contributed by atoms with Crippen molar-refractivity contribution in [1.29, 1.82) is 0 Å². The molecular formula is C9H16N2O2. The Morgan fingerprint density at radius 2 is 2.23 bits per heavy atom. The second-order valence-electron chi connectivity index (χ2n) is 4.02. The first-order valence-electron chi connectivity index (χ1n) is 4.93. The number of hydrogen-bond acceptors (Lipinski definition) is 3. The number of piperidine rings is 1. The Morgan fingerprint density at radius 1 is 1.46 bits per heavy atom. The number of rotatable bonds is 3. The van der Waals surface area contributed by atoms with Gasteiger partial charge in [-0.25, -0.2) is 0 Å². The highest BCUT2D eigenvalue weighted by Crippen LogP contribution is 2.26. The average molecular weight is 184 g/mol. The van der Waals surface area contributed by atoms with Crippen molar-refractivity contribution in [2.45, 2.75) is 18.9 Å². The molecular weight excluding hydrogens is 168 g/mol. The van der Waals surface area contributed by atoms with Crippen LogP contribution in [0.2, 0.25) is 0 Å². The van der Waals surface area contributed by atoms with Gasteiger partial charge in [-0.1, -0.05) is 0 Å². The van der Waals surface area contributed by atoms with Crippen LogP contribution in [0.5, 0.6) is 0 Å². The standard InChI is InChI=1S/C9H16N2O2/c12-9(13)5-10-8-2-4-11-3-1-7(8)6-11/h7-8,10H,1-6H2,(H,12,13). The minimum atomic E-state index is -0.750. The molecule has 0 radical (unpaired) electrons. The average Bonchev–Trinajstić information content (AvgIpc) is 2.47. The fourth-order valence-corrected chi connectivity index (χ4v) is 2.44. The molecule has 74 valence electrons. The third-order valence-electron chi connectivity index (χ3n) is 3.15. The lowest BCUT2D eigenvalue weighted by atomic mass is 9.94. The van der Waals surface area contributed by atoms with Gasteiger partial charge >= 0.3 is 5.97 Å². The lowest BCUT2D eigenvalue weighted by Crippen LogP contribution is -2.45. The minimum Gasteiger partial charge on any atom is -0.480 e. The van der Waals surface area contributed by atoms with Crippen LogP contribution in [-0.4, -0.2) is 48.2 Å². The molecule has 0 amide bonds. The van der Waals surface area contributed by atoms with Gasteiger partial charge in [0.15, 0.2) is 0 Å². The Bertz CT molecular complexity index is 208. The summed E-state index contributed by atoms with van der Waals surface area (Å²) >= 11 is 0. The van der Waals surface area contributed by atoms with Crippen LogP contribution in [0, 0.1) is 5.92 Å². The normalized spacial score (nSPS) is 37.7. The molecule has 4 heteroatoms. The number of carbonyl (C=O) groups is 1. The topological polar surface area (TPSA) is 52.6 Å². The summed E-state index contributed by atoms with van der Waals surface area (Å²) in [7, 11) is 0. The first kappa shape index (κ1) is 8.97. The summed E-state index contributed by atoms with van der Waals surface area (Å²) in [5.41, 5.74) is 0. The van der Waals surface area contributed by atoms with Crippen LogP contribution in [0.1, 0.15) is 12.8 Å².